The maximum absolute atomic E-state index is 12.9. The molecule has 3 aromatic rings. The molecule has 0 aliphatic carbocycles. The average molecular weight is 515 g/mol. The van der Waals surface area contributed by atoms with Crippen molar-refractivity contribution in [1.29, 1.82) is 0 Å². The first-order valence-electron chi connectivity index (χ1n) is 13.1. The summed E-state index contributed by atoms with van der Waals surface area (Å²) in [6, 6.07) is 5.08. The van der Waals surface area contributed by atoms with E-state index in [1.54, 1.807) is 6.07 Å². The maximum atomic E-state index is 12.9. The Morgan fingerprint density at radius 1 is 0.730 bits per heavy atom. The highest BCUT2D eigenvalue weighted by atomic mass is 16.5. The van der Waals surface area contributed by atoms with Crippen LogP contribution in [0.5, 0.6) is 28.7 Å². The van der Waals surface area contributed by atoms with Gasteiger partial charge in [-0.3, -0.25) is 4.79 Å². The first-order chi connectivity index (χ1) is 17.9. The highest BCUT2D eigenvalue weighted by Gasteiger charge is 2.19. The van der Waals surface area contributed by atoms with Crippen molar-refractivity contribution in [3.05, 3.63) is 40.1 Å². The molecule has 1 aromatic heterocycles. The summed E-state index contributed by atoms with van der Waals surface area (Å²) < 4.78 is 11.3. The number of methoxy groups -OCH3 is 1. The van der Waals surface area contributed by atoms with Gasteiger partial charge in [-0.05, 0) is 31.4 Å². The molecule has 0 amide bonds. The first-order valence-corrected chi connectivity index (χ1v) is 13.1. The second kappa shape index (κ2) is 13.8. The molecule has 5 N–H and O–H groups in total. The average Bonchev–Trinajstić information content (AvgIpc) is 2.88. The zero-order valence-electron chi connectivity index (χ0n) is 21.5. The molecule has 1 heterocycles. The topological polar surface area (TPSA) is 141 Å². The van der Waals surface area contributed by atoms with E-state index in [0.29, 0.717) is 17.7 Å². The Kier molecular flexibility index (Phi) is 10.5. The molecule has 0 aliphatic rings. The molecule has 0 saturated heterocycles. The lowest BCUT2D eigenvalue weighted by molar-refractivity contribution is 0.282. The molecule has 0 aliphatic heterocycles. The Balaban J connectivity index is 1.62. The summed E-state index contributed by atoms with van der Waals surface area (Å²) in [7, 11) is 1.49. The van der Waals surface area contributed by atoms with Gasteiger partial charge in [-0.25, -0.2) is 0 Å². The van der Waals surface area contributed by atoms with Crippen LogP contribution in [-0.2, 0) is 6.42 Å². The van der Waals surface area contributed by atoms with Crippen LogP contribution in [0.1, 0.15) is 76.2 Å². The summed E-state index contributed by atoms with van der Waals surface area (Å²) in [5.74, 6) is -1.45. The van der Waals surface area contributed by atoms with Crippen LogP contribution in [0.4, 0.5) is 0 Å². The number of rotatable bonds is 15. The van der Waals surface area contributed by atoms with Crippen molar-refractivity contribution < 1.29 is 34.7 Å². The maximum Gasteiger partial charge on any atom is 0.200 e. The van der Waals surface area contributed by atoms with Gasteiger partial charge < -0.3 is 34.7 Å². The number of aliphatic hydroxyl groups is 1. The molecule has 0 atom stereocenters. The van der Waals surface area contributed by atoms with Gasteiger partial charge in [-0.1, -0.05) is 57.8 Å². The predicted octanol–water partition coefficient (Wildman–Crippen LogP) is 6.12. The summed E-state index contributed by atoms with van der Waals surface area (Å²) in [6.45, 7) is 0.288. The number of aromatic hydroxyl groups is 4. The smallest absolute Gasteiger partial charge is 0.200 e. The number of phenolic OH excluding ortho intramolecular Hbond substituents is 4. The second-order valence-corrected chi connectivity index (χ2v) is 9.48. The van der Waals surface area contributed by atoms with Crippen LogP contribution >= 0.6 is 0 Å². The van der Waals surface area contributed by atoms with Gasteiger partial charge in [0.1, 0.15) is 28.2 Å². The van der Waals surface area contributed by atoms with Crippen LogP contribution in [-0.4, -0.2) is 39.2 Å². The lowest BCUT2D eigenvalue weighted by Crippen LogP contribution is -2.04. The van der Waals surface area contributed by atoms with E-state index in [0.717, 1.165) is 32.1 Å². The van der Waals surface area contributed by atoms with Gasteiger partial charge in [0.25, 0.3) is 0 Å². The molecule has 3 rings (SSSR count). The van der Waals surface area contributed by atoms with Crippen LogP contribution < -0.4 is 10.2 Å². The van der Waals surface area contributed by atoms with Gasteiger partial charge in [0.05, 0.1) is 7.11 Å². The van der Waals surface area contributed by atoms with Crippen LogP contribution in [0.2, 0.25) is 0 Å². The lowest BCUT2D eigenvalue weighted by Gasteiger charge is -2.13. The van der Waals surface area contributed by atoms with Crippen LogP contribution in [0.3, 0.4) is 0 Å². The van der Waals surface area contributed by atoms with E-state index in [1.807, 2.05) is 0 Å². The van der Waals surface area contributed by atoms with Crippen LogP contribution in [0.25, 0.3) is 22.3 Å². The van der Waals surface area contributed by atoms with E-state index in [9.17, 15) is 25.2 Å². The van der Waals surface area contributed by atoms with E-state index in [2.05, 4.69) is 0 Å². The molecular weight excluding hydrogens is 476 g/mol. The van der Waals surface area contributed by atoms with Crippen molar-refractivity contribution in [3.63, 3.8) is 0 Å². The van der Waals surface area contributed by atoms with Gasteiger partial charge in [-0.2, -0.15) is 0 Å². The SMILES string of the molecule is COc1cc2oc(-c3cc(O)c(O)c(O)c3)cc(=O)c2c(O)c1CCCCCCCCCCCCCO. The highest BCUT2D eigenvalue weighted by molar-refractivity contribution is 5.88. The minimum absolute atomic E-state index is 0.0470. The van der Waals surface area contributed by atoms with Gasteiger partial charge in [0, 0.05) is 29.9 Å². The molecule has 0 unspecified atom stereocenters. The van der Waals surface area contributed by atoms with E-state index >= 15 is 0 Å². The van der Waals surface area contributed by atoms with Crippen LogP contribution in [0.15, 0.2) is 33.5 Å². The molecular formula is C29H38O8. The predicted molar refractivity (Wildman–Crippen MR) is 143 cm³/mol. The normalized spacial score (nSPS) is 11.3. The Bertz CT molecular complexity index is 1210. The van der Waals surface area contributed by atoms with Crippen molar-refractivity contribution in [2.45, 2.75) is 77.0 Å². The lowest BCUT2D eigenvalue weighted by atomic mass is 10.00. The fourth-order valence-corrected chi connectivity index (χ4v) is 4.64. The Morgan fingerprint density at radius 2 is 1.27 bits per heavy atom. The van der Waals surface area contributed by atoms with Crippen molar-refractivity contribution in [2.75, 3.05) is 13.7 Å². The Labute approximate surface area is 216 Å². The van der Waals surface area contributed by atoms with Crippen molar-refractivity contribution in [3.8, 4) is 40.1 Å². The molecule has 37 heavy (non-hydrogen) atoms. The number of fused-ring (bicyclic) bond motifs is 1. The number of aliphatic hydroxyl groups excluding tert-OH is 1. The zero-order chi connectivity index (χ0) is 26.8. The molecule has 0 radical (unpaired) electrons. The molecule has 0 spiro atoms. The second-order valence-electron chi connectivity index (χ2n) is 9.48. The minimum atomic E-state index is -0.666. The third-order valence-electron chi connectivity index (χ3n) is 6.72. The molecule has 8 nitrogen and oxygen atoms in total. The first kappa shape index (κ1) is 28.2. The summed E-state index contributed by atoms with van der Waals surface area (Å²) in [6.07, 6.45) is 12.8. The fraction of sp³-hybridized carbons (Fsp3) is 0.483. The van der Waals surface area contributed by atoms with Crippen molar-refractivity contribution in [2.24, 2.45) is 0 Å². The molecule has 8 heteroatoms. The fourth-order valence-electron chi connectivity index (χ4n) is 4.64. The Hall–Kier alpha value is -3.39. The van der Waals surface area contributed by atoms with E-state index in [4.69, 9.17) is 14.3 Å². The third kappa shape index (κ3) is 7.32. The number of hydrogen-bond acceptors (Lipinski definition) is 8. The molecule has 0 bridgehead atoms. The number of hydrogen-bond donors (Lipinski definition) is 5. The largest absolute Gasteiger partial charge is 0.507 e. The minimum Gasteiger partial charge on any atom is -0.507 e. The summed E-state index contributed by atoms with van der Waals surface area (Å²) >= 11 is 0. The molecule has 0 fully saturated rings. The van der Waals surface area contributed by atoms with Gasteiger partial charge in [0.15, 0.2) is 22.7 Å². The third-order valence-corrected chi connectivity index (χ3v) is 6.72. The zero-order valence-corrected chi connectivity index (χ0v) is 21.5. The van der Waals surface area contributed by atoms with Crippen molar-refractivity contribution in [1.82, 2.24) is 0 Å². The standard InChI is InChI=1S/C29H38O8/c1-36-25-18-26-27(21(31)17-24(37-26)19-15-22(32)29(35)23(33)16-19)28(34)20(25)13-11-9-7-5-3-2-4-6-8-10-12-14-30/h15-18,30,32-35H,2-14H2,1H3. The highest BCUT2D eigenvalue weighted by Crippen LogP contribution is 2.41. The molecule has 0 saturated carbocycles. The van der Waals surface area contributed by atoms with Crippen molar-refractivity contribution >= 4 is 11.0 Å². The summed E-state index contributed by atoms with van der Waals surface area (Å²) in [5, 5.41) is 49.0. The molecule has 2 aromatic carbocycles. The van der Waals surface area contributed by atoms with E-state index < -0.39 is 22.7 Å². The number of phenols is 4. The van der Waals surface area contributed by atoms with E-state index in [-0.39, 0.29) is 34.6 Å². The monoisotopic (exact) mass is 514 g/mol. The van der Waals surface area contributed by atoms with Gasteiger partial charge >= 0.3 is 0 Å². The quantitative estimate of drug-likeness (QED) is 0.121. The van der Waals surface area contributed by atoms with E-state index in [1.165, 1.54) is 63.8 Å². The summed E-state index contributed by atoms with van der Waals surface area (Å²) in [5.41, 5.74) is 0.402. The van der Waals surface area contributed by atoms with Crippen LogP contribution in [0, 0.1) is 0 Å². The molecule has 202 valence electrons. The van der Waals surface area contributed by atoms with Gasteiger partial charge in [0.2, 0.25) is 0 Å². The van der Waals surface area contributed by atoms with Gasteiger partial charge in [-0.15, -0.1) is 0 Å². The number of ether oxygens (including phenoxy) is 1. The number of benzene rings is 2. The Morgan fingerprint density at radius 3 is 1.81 bits per heavy atom. The number of unbranched alkanes of at least 4 members (excludes halogenated alkanes) is 10. The summed E-state index contributed by atoms with van der Waals surface area (Å²) in [4.78, 5) is 12.9.